The van der Waals surface area contributed by atoms with E-state index in [9.17, 15) is 4.79 Å². The molecule has 11 heavy (non-hydrogen) atoms. The van der Waals surface area contributed by atoms with Gasteiger partial charge in [-0.25, -0.2) is 5.43 Å². The molecule has 0 saturated heterocycles. The quantitative estimate of drug-likeness (QED) is 0.520. The monoisotopic (exact) mass is 150 g/mol. The molecule has 0 atom stereocenters. The lowest BCUT2D eigenvalue weighted by atomic mass is 9.99. The molecule has 0 amide bonds. The molecule has 2 rings (SSSR count). The molecule has 0 aromatic carbocycles. The standard InChI is InChI=1S/C8H10N2O/c11-7-3-1-2-6-4-5-9-10-8(6)7/h1-2,9-10H,3-5H2. The predicted molar refractivity (Wildman–Crippen MR) is 41.5 cm³/mol. The van der Waals surface area contributed by atoms with Crippen molar-refractivity contribution in [1.82, 2.24) is 10.9 Å². The molecule has 3 nitrogen and oxygen atoms in total. The van der Waals surface area contributed by atoms with Crippen LogP contribution in [-0.2, 0) is 4.79 Å². The molecule has 0 aromatic rings. The second kappa shape index (κ2) is 2.51. The van der Waals surface area contributed by atoms with Gasteiger partial charge in [-0.05, 0) is 12.0 Å². The Morgan fingerprint density at radius 3 is 3.18 bits per heavy atom. The molecule has 0 bridgehead atoms. The number of carbonyl (C=O) groups excluding carboxylic acids is 1. The first kappa shape index (κ1) is 6.61. The summed E-state index contributed by atoms with van der Waals surface area (Å²) in [6, 6.07) is 0. The van der Waals surface area contributed by atoms with E-state index in [2.05, 4.69) is 10.9 Å². The maximum absolute atomic E-state index is 11.2. The average molecular weight is 150 g/mol. The van der Waals surface area contributed by atoms with Crippen LogP contribution in [0.4, 0.5) is 0 Å². The van der Waals surface area contributed by atoms with Gasteiger partial charge in [0.25, 0.3) is 0 Å². The third kappa shape index (κ3) is 1.07. The maximum atomic E-state index is 11.2. The molecule has 0 fully saturated rings. The highest BCUT2D eigenvalue weighted by molar-refractivity contribution is 5.98. The number of hydrogen-bond donors (Lipinski definition) is 2. The molecule has 3 heteroatoms. The molecule has 0 unspecified atom stereocenters. The lowest BCUT2D eigenvalue weighted by Gasteiger charge is -2.22. The number of ketones is 1. The van der Waals surface area contributed by atoms with Gasteiger partial charge in [-0.2, -0.15) is 0 Å². The van der Waals surface area contributed by atoms with E-state index in [1.54, 1.807) is 0 Å². The van der Waals surface area contributed by atoms with Gasteiger partial charge in [0, 0.05) is 13.0 Å². The third-order valence-corrected chi connectivity index (χ3v) is 1.95. The molecule has 2 N–H and O–H groups in total. The topological polar surface area (TPSA) is 41.1 Å². The summed E-state index contributed by atoms with van der Waals surface area (Å²) >= 11 is 0. The van der Waals surface area contributed by atoms with Crippen LogP contribution in [0.15, 0.2) is 23.4 Å². The van der Waals surface area contributed by atoms with Gasteiger partial charge in [-0.1, -0.05) is 12.2 Å². The molecule has 58 valence electrons. The van der Waals surface area contributed by atoms with Gasteiger partial charge in [-0.15, -0.1) is 0 Å². The van der Waals surface area contributed by atoms with Gasteiger partial charge in [0.15, 0.2) is 5.78 Å². The molecule has 0 spiro atoms. The first-order valence-electron chi connectivity index (χ1n) is 3.80. The molecule has 1 aliphatic carbocycles. The summed E-state index contributed by atoms with van der Waals surface area (Å²) in [5.41, 5.74) is 7.75. The fraction of sp³-hybridized carbons (Fsp3) is 0.375. The van der Waals surface area contributed by atoms with Crippen LogP contribution in [0.5, 0.6) is 0 Å². The molecule has 2 aliphatic rings. The normalized spacial score (nSPS) is 23.1. The zero-order chi connectivity index (χ0) is 7.68. The van der Waals surface area contributed by atoms with Crippen LogP contribution in [0.25, 0.3) is 0 Å². The SMILES string of the molecule is O=C1CC=CC2=C1NNCC2. The summed E-state index contributed by atoms with van der Waals surface area (Å²) in [7, 11) is 0. The number of hydrazine groups is 1. The lowest BCUT2D eigenvalue weighted by Crippen LogP contribution is -2.40. The Labute approximate surface area is 65.1 Å². The molecular formula is C8H10N2O. The Bertz CT molecular complexity index is 253. The number of carbonyl (C=O) groups is 1. The van der Waals surface area contributed by atoms with Crippen LogP contribution in [0.3, 0.4) is 0 Å². The summed E-state index contributed by atoms with van der Waals surface area (Å²) < 4.78 is 0. The fourth-order valence-corrected chi connectivity index (χ4v) is 1.38. The highest BCUT2D eigenvalue weighted by atomic mass is 16.1. The number of allylic oxidation sites excluding steroid dienone is 3. The highest BCUT2D eigenvalue weighted by Crippen LogP contribution is 2.17. The third-order valence-electron chi connectivity index (χ3n) is 1.95. The van der Waals surface area contributed by atoms with E-state index in [1.165, 1.54) is 0 Å². The molecule has 0 saturated carbocycles. The van der Waals surface area contributed by atoms with Gasteiger partial charge in [0.1, 0.15) is 0 Å². The zero-order valence-electron chi connectivity index (χ0n) is 6.18. The molecule has 0 aromatic heterocycles. The maximum Gasteiger partial charge on any atom is 0.184 e. The average Bonchev–Trinajstić information content (AvgIpc) is 2.06. The summed E-state index contributed by atoms with van der Waals surface area (Å²) in [5.74, 6) is 0.190. The van der Waals surface area contributed by atoms with Crippen molar-refractivity contribution < 1.29 is 4.79 Å². The van der Waals surface area contributed by atoms with Gasteiger partial charge >= 0.3 is 0 Å². The number of Topliss-reactive ketones (excluding diaryl/α,β-unsaturated/α-hetero) is 1. The van der Waals surface area contributed by atoms with Crippen molar-refractivity contribution >= 4 is 5.78 Å². The van der Waals surface area contributed by atoms with Crippen LogP contribution in [0.1, 0.15) is 12.8 Å². The number of rotatable bonds is 0. The second-order valence-electron chi connectivity index (χ2n) is 2.73. The minimum atomic E-state index is 0.190. The van der Waals surface area contributed by atoms with Crippen LogP contribution >= 0.6 is 0 Å². The molecule has 1 heterocycles. The number of nitrogens with one attached hydrogen (secondary N) is 2. The zero-order valence-corrected chi connectivity index (χ0v) is 6.18. The van der Waals surface area contributed by atoms with Gasteiger partial charge in [0.2, 0.25) is 0 Å². The van der Waals surface area contributed by atoms with Crippen molar-refractivity contribution in [3.05, 3.63) is 23.4 Å². The minimum absolute atomic E-state index is 0.190. The van der Waals surface area contributed by atoms with Crippen molar-refractivity contribution in [2.45, 2.75) is 12.8 Å². The summed E-state index contributed by atoms with van der Waals surface area (Å²) in [6.07, 6.45) is 5.44. The van der Waals surface area contributed by atoms with Gasteiger partial charge in [-0.3, -0.25) is 4.79 Å². The molecule has 1 aliphatic heterocycles. The van der Waals surface area contributed by atoms with Crippen LogP contribution in [-0.4, -0.2) is 12.3 Å². The molecular weight excluding hydrogens is 140 g/mol. The van der Waals surface area contributed by atoms with E-state index in [0.717, 1.165) is 24.2 Å². The largest absolute Gasteiger partial charge is 0.318 e. The van der Waals surface area contributed by atoms with Crippen molar-refractivity contribution in [3.63, 3.8) is 0 Å². The van der Waals surface area contributed by atoms with Crippen LogP contribution < -0.4 is 10.9 Å². The van der Waals surface area contributed by atoms with Crippen molar-refractivity contribution in [2.24, 2.45) is 0 Å². The Balaban J connectivity index is 2.35. The first-order chi connectivity index (χ1) is 5.38. The lowest BCUT2D eigenvalue weighted by molar-refractivity contribution is -0.115. The number of hydrogen-bond acceptors (Lipinski definition) is 3. The van der Waals surface area contributed by atoms with Crippen molar-refractivity contribution in [1.29, 1.82) is 0 Å². The second-order valence-corrected chi connectivity index (χ2v) is 2.73. The van der Waals surface area contributed by atoms with E-state index >= 15 is 0 Å². The van der Waals surface area contributed by atoms with E-state index in [-0.39, 0.29) is 5.78 Å². The Morgan fingerprint density at radius 1 is 1.45 bits per heavy atom. The summed E-state index contributed by atoms with van der Waals surface area (Å²) in [5, 5.41) is 0. The Morgan fingerprint density at radius 2 is 2.36 bits per heavy atom. The molecule has 0 radical (unpaired) electrons. The van der Waals surface area contributed by atoms with E-state index < -0.39 is 0 Å². The van der Waals surface area contributed by atoms with E-state index in [1.807, 2.05) is 12.2 Å². The first-order valence-corrected chi connectivity index (χ1v) is 3.80. The fourth-order valence-electron chi connectivity index (χ4n) is 1.38. The summed E-state index contributed by atoms with van der Waals surface area (Å²) in [6.45, 7) is 0.899. The van der Waals surface area contributed by atoms with Crippen LogP contribution in [0.2, 0.25) is 0 Å². The Kier molecular flexibility index (Phi) is 1.51. The van der Waals surface area contributed by atoms with Crippen molar-refractivity contribution in [2.75, 3.05) is 6.54 Å². The van der Waals surface area contributed by atoms with Gasteiger partial charge < -0.3 is 5.43 Å². The van der Waals surface area contributed by atoms with Crippen molar-refractivity contribution in [3.8, 4) is 0 Å². The summed E-state index contributed by atoms with van der Waals surface area (Å²) in [4.78, 5) is 11.2. The highest BCUT2D eigenvalue weighted by Gasteiger charge is 2.18. The van der Waals surface area contributed by atoms with Crippen LogP contribution in [0, 0.1) is 0 Å². The van der Waals surface area contributed by atoms with E-state index in [4.69, 9.17) is 0 Å². The van der Waals surface area contributed by atoms with E-state index in [0.29, 0.717) is 6.42 Å². The smallest absolute Gasteiger partial charge is 0.184 e. The Hall–Kier alpha value is -1.09. The van der Waals surface area contributed by atoms with Gasteiger partial charge in [0.05, 0.1) is 5.70 Å². The minimum Gasteiger partial charge on any atom is -0.318 e. The predicted octanol–water partition coefficient (Wildman–Crippen LogP) is 0.267.